The largest absolute Gasteiger partial charge is 0.324 e. The lowest BCUT2D eigenvalue weighted by Crippen LogP contribution is -2.06. The van der Waals surface area contributed by atoms with Crippen molar-refractivity contribution >= 4 is 5.65 Å². The number of aromatic nitrogens is 6. The zero-order valence-corrected chi connectivity index (χ0v) is 13.8. The number of hydrogen-bond donors (Lipinski definition) is 0. The second-order valence-corrected chi connectivity index (χ2v) is 5.77. The zero-order valence-electron chi connectivity index (χ0n) is 13.8. The summed E-state index contributed by atoms with van der Waals surface area (Å²) in [5.74, 6) is 0.0996. The van der Waals surface area contributed by atoms with Crippen molar-refractivity contribution in [3.8, 4) is 11.5 Å². The van der Waals surface area contributed by atoms with Gasteiger partial charge in [-0.1, -0.05) is 19.4 Å². The quantitative estimate of drug-likeness (QED) is 0.525. The third kappa shape index (κ3) is 2.88. The van der Waals surface area contributed by atoms with Gasteiger partial charge in [0.1, 0.15) is 5.69 Å². The molecule has 0 radical (unpaired) electrons. The highest BCUT2D eigenvalue weighted by Gasteiger charge is 2.15. The van der Waals surface area contributed by atoms with E-state index < -0.39 is 5.95 Å². The molecule has 0 fully saturated rings. The fourth-order valence-corrected chi connectivity index (χ4v) is 2.96. The first kappa shape index (κ1) is 15.4. The summed E-state index contributed by atoms with van der Waals surface area (Å²) in [7, 11) is 0. The Balaban J connectivity index is 1.76. The molecule has 0 aliphatic carbocycles. The molecule has 0 aliphatic heterocycles. The van der Waals surface area contributed by atoms with E-state index in [2.05, 4.69) is 22.0 Å². The van der Waals surface area contributed by atoms with Crippen LogP contribution in [0.15, 0.2) is 48.9 Å². The molecule has 4 aromatic rings. The average Bonchev–Trinajstić information content (AvgIpc) is 3.21. The normalized spacial score (nSPS) is 11.3. The number of pyridine rings is 1. The number of nitrogens with zero attached hydrogens (tertiary/aromatic N) is 6. The maximum absolute atomic E-state index is 13.4. The molecule has 0 atom stereocenters. The molecule has 7 heteroatoms. The molecule has 0 N–H and O–H groups in total. The van der Waals surface area contributed by atoms with Crippen LogP contribution in [0.5, 0.6) is 0 Å². The first-order valence-corrected chi connectivity index (χ1v) is 8.22. The molecule has 0 bridgehead atoms. The summed E-state index contributed by atoms with van der Waals surface area (Å²) in [5.41, 5.74) is 3.36. The van der Waals surface area contributed by atoms with E-state index in [-0.39, 0.29) is 0 Å². The summed E-state index contributed by atoms with van der Waals surface area (Å²) in [4.78, 5) is 13.0. The van der Waals surface area contributed by atoms with E-state index in [1.807, 2.05) is 27.4 Å². The van der Waals surface area contributed by atoms with Crippen LogP contribution in [-0.4, -0.2) is 29.1 Å². The van der Waals surface area contributed by atoms with Crippen molar-refractivity contribution in [1.29, 1.82) is 0 Å². The lowest BCUT2D eigenvalue weighted by Gasteiger charge is -2.07. The number of fused-ring (bicyclic) bond motifs is 1. The molecule has 4 heterocycles. The predicted octanol–water partition coefficient (Wildman–Crippen LogP) is 3.13. The van der Waals surface area contributed by atoms with Crippen LogP contribution in [0.25, 0.3) is 17.2 Å². The minimum absolute atomic E-state index is 0.504. The summed E-state index contributed by atoms with van der Waals surface area (Å²) < 4.78 is 17.3. The highest BCUT2D eigenvalue weighted by atomic mass is 19.1. The third-order valence-electron chi connectivity index (χ3n) is 4.04. The first-order chi connectivity index (χ1) is 12.3. The van der Waals surface area contributed by atoms with Crippen molar-refractivity contribution < 1.29 is 4.39 Å². The number of rotatable bonds is 5. The van der Waals surface area contributed by atoms with Crippen LogP contribution in [0.3, 0.4) is 0 Å². The molecule has 0 amide bonds. The average molecular weight is 336 g/mol. The van der Waals surface area contributed by atoms with Gasteiger partial charge in [-0.3, -0.25) is 0 Å². The summed E-state index contributed by atoms with van der Waals surface area (Å²) >= 11 is 0. The highest BCUT2D eigenvalue weighted by molar-refractivity contribution is 5.50. The van der Waals surface area contributed by atoms with Gasteiger partial charge in [-0.15, -0.1) is 0 Å². The van der Waals surface area contributed by atoms with Crippen LogP contribution in [0.2, 0.25) is 0 Å². The van der Waals surface area contributed by atoms with Gasteiger partial charge in [-0.05, 0) is 30.7 Å². The van der Waals surface area contributed by atoms with E-state index in [0.717, 1.165) is 29.9 Å². The van der Waals surface area contributed by atoms with Crippen molar-refractivity contribution in [1.82, 2.24) is 29.1 Å². The fourth-order valence-electron chi connectivity index (χ4n) is 2.96. The van der Waals surface area contributed by atoms with Gasteiger partial charge in [0.15, 0.2) is 11.5 Å². The molecule has 0 spiro atoms. The van der Waals surface area contributed by atoms with Gasteiger partial charge in [0.2, 0.25) is 5.95 Å². The molecule has 0 unspecified atom stereocenters. The third-order valence-corrected chi connectivity index (χ3v) is 4.04. The van der Waals surface area contributed by atoms with E-state index in [9.17, 15) is 4.39 Å². The van der Waals surface area contributed by atoms with Gasteiger partial charge < -0.3 is 4.57 Å². The van der Waals surface area contributed by atoms with Gasteiger partial charge >= 0.3 is 0 Å². The summed E-state index contributed by atoms with van der Waals surface area (Å²) in [6.07, 6.45) is 7.19. The Morgan fingerprint density at radius 1 is 1.08 bits per heavy atom. The van der Waals surface area contributed by atoms with E-state index >= 15 is 0 Å². The molecule has 6 nitrogen and oxygen atoms in total. The number of imidazole rings is 2. The molecule has 0 saturated carbocycles. The van der Waals surface area contributed by atoms with Crippen molar-refractivity contribution in [2.24, 2.45) is 0 Å². The van der Waals surface area contributed by atoms with Crippen LogP contribution >= 0.6 is 0 Å². The molecule has 126 valence electrons. The Morgan fingerprint density at radius 2 is 2.00 bits per heavy atom. The molecule has 0 aliphatic rings. The maximum Gasteiger partial charge on any atom is 0.213 e. The van der Waals surface area contributed by atoms with Gasteiger partial charge in [0.05, 0.1) is 17.9 Å². The van der Waals surface area contributed by atoms with Crippen LogP contribution in [0, 0.1) is 5.95 Å². The van der Waals surface area contributed by atoms with Gasteiger partial charge in [0, 0.05) is 18.6 Å². The molecule has 4 aromatic heterocycles. The zero-order chi connectivity index (χ0) is 17.2. The minimum atomic E-state index is -0.518. The second-order valence-electron chi connectivity index (χ2n) is 5.77. The Hall–Kier alpha value is -3.09. The van der Waals surface area contributed by atoms with Crippen molar-refractivity contribution in [3.63, 3.8) is 0 Å². The lowest BCUT2D eigenvalue weighted by molar-refractivity contribution is 0.584. The standard InChI is InChI=1S/C18H17FN6/c1-2-5-15-14(23-17-8-4-9-21-25(15)17)12-24-11-10-20-18(24)13-6-3-7-16(19)22-13/h3-4,6-11H,2,5,12H2,1H3. The molecular formula is C18H17FN6. The first-order valence-electron chi connectivity index (χ1n) is 8.22. The topological polar surface area (TPSA) is 60.9 Å². The van der Waals surface area contributed by atoms with Crippen LogP contribution < -0.4 is 0 Å². The van der Waals surface area contributed by atoms with Crippen LogP contribution in [-0.2, 0) is 13.0 Å². The monoisotopic (exact) mass is 336 g/mol. The number of aryl methyl sites for hydroxylation is 1. The SMILES string of the molecule is CCCc1c(Cn2ccnc2-c2cccc(F)n2)nc2cccnn12. The molecule has 4 rings (SSSR count). The Labute approximate surface area is 144 Å². The molecule has 0 aromatic carbocycles. The summed E-state index contributed by atoms with van der Waals surface area (Å²) in [6.45, 7) is 2.66. The van der Waals surface area contributed by atoms with Gasteiger partial charge in [0.25, 0.3) is 0 Å². The van der Waals surface area contributed by atoms with Gasteiger partial charge in [-0.2, -0.15) is 9.49 Å². The smallest absolute Gasteiger partial charge is 0.213 e. The Kier molecular flexibility index (Phi) is 3.97. The molecular weight excluding hydrogens is 319 g/mol. The second kappa shape index (κ2) is 6.43. The van der Waals surface area contributed by atoms with E-state index in [4.69, 9.17) is 4.98 Å². The molecule has 25 heavy (non-hydrogen) atoms. The maximum atomic E-state index is 13.4. The van der Waals surface area contributed by atoms with Crippen LogP contribution in [0.4, 0.5) is 4.39 Å². The van der Waals surface area contributed by atoms with Crippen LogP contribution in [0.1, 0.15) is 24.7 Å². The summed E-state index contributed by atoms with van der Waals surface area (Å²) in [5, 5.41) is 4.41. The number of halogens is 1. The number of hydrogen-bond acceptors (Lipinski definition) is 4. The van der Waals surface area contributed by atoms with Crippen molar-refractivity contribution in [3.05, 3.63) is 66.3 Å². The van der Waals surface area contributed by atoms with E-state index in [1.54, 1.807) is 24.5 Å². The van der Waals surface area contributed by atoms with E-state index in [1.165, 1.54) is 6.07 Å². The predicted molar refractivity (Wildman–Crippen MR) is 91.5 cm³/mol. The van der Waals surface area contributed by atoms with E-state index in [0.29, 0.717) is 18.1 Å². The minimum Gasteiger partial charge on any atom is -0.324 e. The Bertz CT molecular complexity index is 1020. The Morgan fingerprint density at radius 3 is 2.84 bits per heavy atom. The molecule has 0 saturated heterocycles. The fraction of sp³-hybridized carbons (Fsp3) is 0.222. The summed E-state index contributed by atoms with van der Waals surface area (Å²) in [6, 6.07) is 8.53. The van der Waals surface area contributed by atoms with Gasteiger partial charge in [-0.25, -0.2) is 19.5 Å². The lowest BCUT2D eigenvalue weighted by atomic mass is 10.2. The highest BCUT2D eigenvalue weighted by Crippen LogP contribution is 2.19. The van der Waals surface area contributed by atoms with Crippen molar-refractivity contribution in [2.45, 2.75) is 26.3 Å². The van der Waals surface area contributed by atoms with Crippen molar-refractivity contribution in [2.75, 3.05) is 0 Å².